The third-order valence-corrected chi connectivity index (χ3v) is 2.47. The maximum atomic E-state index is 11.8. The first kappa shape index (κ1) is 11.6. The van der Waals surface area contributed by atoms with Crippen molar-refractivity contribution in [3.05, 3.63) is 45.7 Å². The van der Waals surface area contributed by atoms with Crippen molar-refractivity contribution in [2.45, 2.75) is 26.4 Å². The summed E-state index contributed by atoms with van der Waals surface area (Å²) in [5.74, 6) is 0.211. The van der Waals surface area contributed by atoms with Crippen molar-refractivity contribution in [2.75, 3.05) is 0 Å². The molecule has 0 saturated heterocycles. The van der Waals surface area contributed by atoms with E-state index in [1.54, 1.807) is 24.3 Å². The quantitative estimate of drug-likeness (QED) is 0.864. The highest BCUT2D eigenvalue weighted by molar-refractivity contribution is 5.77. The van der Waals surface area contributed by atoms with Crippen LogP contribution in [0.3, 0.4) is 0 Å². The van der Waals surface area contributed by atoms with Crippen LogP contribution >= 0.6 is 0 Å². The van der Waals surface area contributed by atoms with Crippen LogP contribution in [0.25, 0.3) is 10.9 Å². The van der Waals surface area contributed by atoms with Gasteiger partial charge in [-0.1, -0.05) is 26.0 Å². The molecular weight excluding hydrogens is 218 g/mol. The molecule has 0 bridgehead atoms. The predicted octanol–water partition coefficient (Wildman–Crippen LogP) is 1.24. The molecule has 0 fully saturated rings. The first-order valence-corrected chi connectivity index (χ1v) is 5.51. The molecule has 2 aromatic rings. The van der Waals surface area contributed by atoms with Crippen LogP contribution in [0.4, 0.5) is 0 Å². The molecule has 0 unspecified atom stereocenters. The van der Waals surface area contributed by atoms with Crippen LogP contribution in [0.2, 0.25) is 0 Å². The highest BCUT2D eigenvalue weighted by Crippen LogP contribution is 2.07. The third-order valence-electron chi connectivity index (χ3n) is 2.47. The standard InChI is InChI=1S/C12H14N3O2/c1-8(2)13-7-11-14-10-6-4-3-5-9(10)12(16)15(11)17/h3-6,8,13H,7H2,1-2H3/q-1. The van der Waals surface area contributed by atoms with Gasteiger partial charge in [-0.25, -0.2) is 4.98 Å². The largest absolute Gasteiger partial charge is 0.802 e. The Balaban J connectivity index is 2.50. The maximum Gasteiger partial charge on any atom is 0.256 e. The molecule has 0 atom stereocenters. The van der Waals surface area contributed by atoms with Gasteiger partial charge in [0.05, 0.1) is 17.4 Å². The number of para-hydroxylation sites is 1. The summed E-state index contributed by atoms with van der Waals surface area (Å²) in [7, 11) is 0. The zero-order valence-corrected chi connectivity index (χ0v) is 9.80. The first-order valence-electron chi connectivity index (χ1n) is 5.51. The summed E-state index contributed by atoms with van der Waals surface area (Å²) in [4.78, 5) is 16.0. The number of nitrogens with zero attached hydrogens (tertiary/aromatic N) is 2. The van der Waals surface area contributed by atoms with Gasteiger partial charge >= 0.3 is 0 Å². The van der Waals surface area contributed by atoms with Gasteiger partial charge in [0.25, 0.3) is 5.56 Å². The fourth-order valence-corrected chi connectivity index (χ4v) is 1.57. The Morgan fingerprint density at radius 2 is 2.12 bits per heavy atom. The van der Waals surface area contributed by atoms with Crippen molar-refractivity contribution < 1.29 is 0 Å². The summed E-state index contributed by atoms with van der Waals surface area (Å²) >= 11 is 0. The van der Waals surface area contributed by atoms with Crippen molar-refractivity contribution in [2.24, 2.45) is 0 Å². The molecule has 1 aromatic heterocycles. The minimum Gasteiger partial charge on any atom is -0.802 e. The molecule has 0 radical (unpaired) electrons. The van der Waals surface area contributed by atoms with E-state index >= 15 is 0 Å². The van der Waals surface area contributed by atoms with E-state index in [0.717, 1.165) is 0 Å². The zero-order chi connectivity index (χ0) is 12.4. The van der Waals surface area contributed by atoms with Crippen LogP contribution in [0.1, 0.15) is 19.7 Å². The Hall–Kier alpha value is -1.88. The number of nitrogens with one attached hydrogen (secondary N) is 1. The second kappa shape index (κ2) is 4.55. The van der Waals surface area contributed by atoms with Crippen LogP contribution < -0.4 is 10.9 Å². The molecule has 0 spiro atoms. The van der Waals surface area contributed by atoms with E-state index in [0.29, 0.717) is 22.2 Å². The van der Waals surface area contributed by atoms with Gasteiger partial charge in [0, 0.05) is 6.04 Å². The van der Waals surface area contributed by atoms with Crippen LogP contribution in [-0.4, -0.2) is 15.8 Å². The van der Waals surface area contributed by atoms with Gasteiger partial charge in [0.15, 0.2) is 0 Å². The second-order valence-electron chi connectivity index (χ2n) is 4.18. The van der Waals surface area contributed by atoms with E-state index in [1.807, 2.05) is 13.8 Å². The van der Waals surface area contributed by atoms with E-state index in [4.69, 9.17) is 0 Å². The average Bonchev–Trinajstić information content (AvgIpc) is 2.32. The van der Waals surface area contributed by atoms with Gasteiger partial charge < -0.3 is 15.3 Å². The van der Waals surface area contributed by atoms with Gasteiger partial charge in [-0.3, -0.25) is 4.79 Å². The molecule has 17 heavy (non-hydrogen) atoms. The lowest BCUT2D eigenvalue weighted by atomic mass is 10.2. The third kappa shape index (κ3) is 2.29. The monoisotopic (exact) mass is 232 g/mol. The number of fused-ring (bicyclic) bond motifs is 1. The predicted molar refractivity (Wildman–Crippen MR) is 66.7 cm³/mol. The van der Waals surface area contributed by atoms with Crippen LogP contribution in [0, 0.1) is 5.21 Å². The minimum atomic E-state index is -0.545. The van der Waals surface area contributed by atoms with Crippen LogP contribution in [-0.2, 0) is 6.54 Å². The van der Waals surface area contributed by atoms with E-state index in [9.17, 15) is 10.0 Å². The summed E-state index contributed by atoms with van der Waals surface area (Å²) in [5.41, 5.74) is 0.0151. The van der Waals surface area contributed by atoms with Crippen LogP contribution in [0.5, 0.6) is 0 Å². The Kier molecular flexibility index (Phi) is 3.10. The molecular formula is C12H14N3O2-. The topological polar surface area (TPSA) is 70.0 Å². The van der Waals surface area contributed by atoms with Crippen LogP contribution in [0.15, 0.2) is 29.1 Å². The Morgan fingerprint density at radius 1 is 1.41 bits per heavy atom. The summed E-state index contributed by atoms with van der Waals surface area (Å²) < 4.78 is 0.359. The molecule has 1 N–H and O–H groups in total. The fraction of sp³-hybridized carbons (Fsp3) is 0.333. The number of hydrogen-bond acceptors (Lipinski definition) is 4. The minimum absolute atomic E-state index is 0.211. The summed E-state index contributed by atoms with van der Waals surface area (Å²) in [6.45, 7) is 4.23. The highest BCUT2D eigenvalue weighted by Gasteiger charge is 2.05. The average molecular weight is 232 g/mol. The molecule has 90 valence electrons. The molecule has 0 saturated carbocycles. The maximum absolute atomic E-state index is 11.8. The van der Waals surface area contributed by atoms with Gasteiger partial charge in [0.1, 0.15) is 5.82 Å². The molecule has 5 heteroatoms. The van der Waals surface area contributed by atoms with Gasteiger partial charge in [-0.15, -0.1) is 0 Å². The number of benzene rings is 1. The molecule has 0 aliphatic rings. The summed E-state index contributed by atoms with van der Waals surface area (Å²) in [6, 6.07) is 7.09. The normalized spacial score (nSPS) is 11.2. The highest BCUT2D eigenvalue weighted by atomic mass is 16.5. The smallest absolute Gasteiger partial charge is 0.256 e. The van der Waals surface area contributed by atoms with E-state index in [1.165, 1.54) is 0 Å². The number of hydrogen-bond donors (Lipinski definition) is 1. The molecule has 5 nitrogen and oxygen atoms in total. The van der Waals surface area contributed by atoms with Crippen molar-refractivity contribution in [1.29, 1.82) is 0 Å². The van der Waals surface area contributed by atoms with Crippen molar-refractivity contribution >= 4 is 10.9 Å². The summed E-state index contributed by atoms with van der Waals surface area (Å²) in [6.07, 6.45) is 0. The molecule has 2 rings (SSSR count). The molecule has 1 heterocycles. The number of rotatable bonds is 3. The molecule has 1 aromatic carbocycles. The lowest BCUT2D eigenvalue weighted by Gasteiger charge is -2.17. The Morgan fingerprint density at radius 3 is 2.82 bits per heavy atom. The Labute approximate surface area is 98.7 Å². The number of aromatic nitrogens is 2. The van der Waals surface area contributed by atoms with Gasteiger partial charge in [-0.2, -0.15) is 0 Å². The van der Waals surface area contributed by atoms with E-state index in [-0.39, 0.29) is 11.9 Å². The van der Waals surface area contributed by atoms with Crippen molar-refractivity contribution in [3.8, 4) is 0 Å². The Bertz CT molecular complexity index is 590. The summed E-state index contributed by atoms with van der Waals surface area (Å²) in [5, 5.41) is 15.1. The zero-order valence-electron chi connectivity index (χ0n) is 9.80. The lowest BCUT2D eigenvalue weighted by Crippen LogP contribution is -2.28. The van der Waals surface area contributed by atoms with E-state index in [2.05, 4.69) is 10.3 Å². The van der Waals surface area contributed by atoms with Crippen molar-refractivity contribution in [1.82, 2.24) is 15.0 Å². The molecule has 0 aliphatic carbocycles. The second-order valence-corrected chi connectivity index (χ2v) is 4.18. The first-order chi connectivity index (χ1) is 8.09. The van der Waals surface area contributed by atoms with Crippen molar-refractivity contribution in [3.63, 3.8) is 0 Å². The SMILES string of the molecule is CC(C)NCc1nc2ccccc2c(=O)n1[O-]. The molecule has 0 aliphatic heterocycles. The van der Waals surface area contributed by atoms with Gasteiger partial charge in [-0.05, 0) is 12.1 Å². The van der Waals surface area contributed by atoms with Gasteiger partial charge in [0.2, 0.25) is 0 Å². The van der Waals surface area contributed by atoms with E-state index < -0.39 is 5.56 Å². The lowest BCUT2D eigenvalue weighted by molar-refractivity contribution is 0.563. The fourth-order valence-electron chi connectivity index (χ4n) is 1.57. The molecule has 0 amide bonds.